The Morgan fingerprint density at radius 3 is 2.45 bits per heavy atom. The van der Waals surface area contributed by atoms with Gasteiger partial charge < -0.3 is 34.7 Å². The van der Waals surface area contributed by atoms with Crippen molar-refractivity contribution in [1.82, 2.24) is 25.5 Å². The number of hydrogen-bond acceptors (Lipinski definition) is 9. The van der Waals surface area contributed by atoms with Crippen molar-refractivity contribution in [3.63, 3.8) is 0 Å². The molecule has 2 aromatic carbocycles. The van der Waals surface area contributed by atoms with Gasteiger partial charge in [0.2, 0.25) is 5.91 Å². The maximum Gasteiger partial charge on any atom is 0.407 e. The van der Waals surface area contributed by atoms with Crippen LogP contribution in [0.4, 0.5) is 9.59 Å². The molecule has 13 nitrogen and oxygen atoms in total. The number of hydrogen-bond donors (Lipinski definition) is 3. The molecule has 2 heterocycles. The SMILES string of the molecule is COC(=O)N[C@@H](C)C(=O)N1CCC[C@H]1c1ncc(-c2ccc3c(c2)CCc2cc(C(=O)COC(=O)C[C@H]4CC[C@@H](NC(=O)OC(C)(C)C)C4)ccc2-3)[nH]1. The number of aromatic amines is 1. The van der Waals surface area contributed by atoms with E-state index in [1.807, 2.05) is 39.0 Å². The summed E-state index contributed by atoms with van der Waals surface area (Å²) >= 11 is 0. The number of amides is 3. The van der Waals surface area contributed by atoms with Crippen molar-refractivity contribution in [1.29, 1.82) is 0 Å². The van der Waals surface area contributed by atoms with E-state index < -0.39 is 29.8 Å². The molecule has 3 N–H and O–H groups in total. The number of likely N-dealkylation sites (tertiary alicyclic amines) is 1. The van der Waals surface area contributed by atoms with E-state index in [1.165, 1.54) is 12.7 Å². The number of fused-ring (bicyclic) bond motifs is 3. The van der Waals surface area contributed by atoms with Crippen LogP contribution in [-0.2, 0) is 36.6 Å². The number of ketones is 1. The Labute approximate surface area is 309 Å². The summed E-state index contributed by atoms with van der Waals surface area (Å²) in [6.07, 6.45) is 6.29. The summed E-state index contributed by atoms with van der Waals surface area (Å²) in [6.45, 7) is 7.36. The minimum Gasteiger partial charge on any atom is -0.457 e. The van der Waals surface area contributed by atoms with Crippen LogP contribution >= 0.6 is 0 Å². The summed E-state index contributed by atoms with van der Waals surface area (Å²) in [4.78, 5) is 72.4. The highest BCUT2D eigenvalue weighted by Gasteiger charge is 2.35. The Morgan fingerprint density at radius 1 is 0.981 bits per heavy atom. The van der Waals surface area contributed by atoms with Crippen LogP contribution < -0.4 is 10.6 Å². The number of benzene rings is 2. The number of H-pyrrole nitrogens is 1. The maximum atomic E-state index is 13.1. The van der Waals surface area contributed by atoms with E-state index in [9.17, 15) is 24.0 Å². The molecule has 53 heavy (non-hydrogen) atoms. The van der Waals surface area contributed by atoms with Gasteiger partial charge in [0.15, 0.2) is 12.4 Å². The number of ether oxygens (including phenoxy) is 3. The quantitative estimate of drug-likeness (QED) is 0.128. The van der Waals surface area contributed by atoms with E-state index >= 15 is 0 Å². The highest BCUT2D eigenvalue weighted by molar-refractivity contribution is 5.99. The third-order valence-corrected chi connectivity index (χ3v) is 10.2. The fourth-order valence-electron chi connectivity index (χ4n) is 7.64. The van der Waals surface area contributed by atoms with Crippen LogP contribution in [0.1, 0.15) is 99.6 Å². The Kier molecular flexibility index (Phi) is 11.2. The van der Waals surface area contributed by atoms with Gasteiger partial charge in [-0.2, -0.15) is 0 Å². The number of imidazole rings is 1. The Hall–Kier alpha value is -5.20. The number of aromatic nitrogens is 2. The summed E-state index contributed by atoms with van der Waals surface area (Å²) in [7, 11) is 1.27. The lowest BCUT2D eigenvalue weighted by Crippen LogP contribution is -2.46. The third kappa shape index (κ3) is 9.06. The lowest BCUT2D eigenvalue weighted by Gasteiger charge is -2.26. The van der Waals surface area contributed by atoms with Gasteiger partial charge in [-0.05, 0) is 119 Å². The van der Waals surface area contributed by atoms with Crippen molar-refractivity contribution in [3.05, 3.63) is 65.1 Å². The van der Waals surface area contributed by atoms with E-state index in [2.05, 4.69) is 37.5 Å². The second-order valence-corrected chi connectivity index (χ2v) is 15.3. The molecule has 0 radical (unpaired) electrons. The molecule has 1 aliphatic heterocycles. The molecule has 0 bridgehead atoms. The predicted molar refractivity (Wildman–Crippen MR) is 196 cm³/mol. The number of rotatable bonds is 10. The van der Waals surface area contributed by atoms with Crippen molar-refractivity contribution in [3.8, 4) is 22.4 Å². The lowest BCUT2D eigenvalue weighted by molar-refractivity contribution is -0.143. The number of Topliss-reactive ketones (excluding diaryl/α,β-unsaturated/α-hetero) is 1. The summed E-state index contributed by atoms with van der Waals surface area (Å²) in [5, 5.41) is 5.43. The van der Waals surface area contributed by atoms with Gasteiger partial charge in [0.1, 0.15) is 17.5 Å². The van der Waals surface area contributed by atoms with Gasteiger partial charge in [0.25, 0.3) is 0 Å². The highest BCUT2D eigenvalue weighted by Crippen LogP contribution is 2.37. The van der Waals surface area contributed by atoms with Crippen LogP contribution in [0, 0.1) is 5.92 Å². The zero-order valence-corrected chi connectivity index (χ0v) is 31.1. The van der Waals surface area contributed by atoms with Gasteiger partial charge in [-0.3, -0.25) is 14.4 Å². The number of methoxy groups -OCH3 is 1. The second kappa shape index (κ2) is 15.8. The summed E-state index contributed by atoms with van der Waals surface area (Å²) in [5.41, 5.74) is 6.23. The molecular weight excluding hydrogens is 678 g/mol. The van der Waals surface area contributed by atoms with Crippen LogP contribution in [0.2, 0.25) is 0 Å². The standard InChI is InChI=1S/C40H49N5O8/c1-23(42-38(49)51-5)37(48)45-16-6-7-33(45)36-41-21-32(44-36)27-11-14-30-25(19-27)9-10-26-20-28(12-15-31(26)30)34(46)22-52-35(47)18-24-8-13-29(17-24)43-39(50)53-40(2,3)4/h11-12,14-15,19-21,23-24,29,33H,6-10,13,16-18,22H2,1-5H3,(H,41,44)(H,42,49)(H,43,50)/t23-,24-,29+,33-/m0/s1. The molecule has 1 saturated carbocycles. The number of nitrogens with one attached hydrogen (secondary N) is 3. The zero-order valence-electron chi connectivity index (χ0n) is 31.1. The second-order valence-electron chi connectivity index (χ2n) is 15.3. The summed E-state index contributed by atoms with van der Waals surface area (Å²) in [5.74, 6) is -0.0479. The summed E-state index contributed by atoms with van der Waals surface area (Å²) in [6, 6.07) is 11.0. The average molecular weight is 728 g/mol. The Balaban J connectivity index is 1.03. The normalized spacial score (nSPS) is 19.8. The molecule has 282 valence electrons. The van der Waals surface area contributed by atoms with Crippen molar-refractivity contribution >= 4 is 29.8 Å². The van der Waals surface area contributed by atoms with Gasteiger partial charge in [-0.1, -0.05) is 24.3 Å². The van der Waals surface area contributed by atoms with Crippen LogP contribution in [0.3, 0.4) is 0 Å². The first-order valence-corrected chi connectivity index (χ1v) is 18.4. The van der Waals surface area contributed by atoms with E-state index in [4.69, 9.17) is 9.47 Å². The van der Waals surface area contributed by atoms with Crippen molar-refractivity contribution in [2.75, 3.05) is 20.3 Å². The first-order chi connectivity index (χ1) is 25.3. The molecule has 0 spiro atoms. The minimum atomic E-state index is -0.716. The van der Waals surface area contributed by atoms with Gasteiger partial charge in [-0.15, -0.1) is 0 Å². The van der Waals surface area contributed by atoms with E-state index in [0.29, 0.717) is 24.4 Å². The third-order valence-electron chi connectivity index (χ3n) is 10.2. The number of esters is 1. The fourth-order valence-corrected chi connectivity index (χ4v) is 7.64. The molecule has 3 aliphatic rings. The lowest BCUT2D eigenvalue weighted by atomic mass is 9.83. The van der Waals surface area contributed by atoms with Crippen molar-refractivity contribution < 1.29 is 38.2 Å². The maximum absolute atomic E-state index is 13.1. The Bertz CT molecular complexity index is 1880. The molecular formula is C40H49N5O8. The van der Waals surface area contributed by atoms with E-state index in [-0.39, 0.29) is 42.7 Å². The van der Waals surface area contributed by atoms with Crippen molar-refractivity contribution in [2.24, 2.45) is 5.92 Å². The van der Waals surface area contributed by atoms with E-state index in [0.717, 1.165) is 66.5 Å². The number of carbonyl (C=O) groups excluding carboxylic acids is 5. The largest absolute Gasteiger partial charge is 0.457 e. The van der Waals surface area contributed by atoms with E-state index in [1.54, 1.807) is 24.1 Å². The first-order valence-electron chi connectivity index (χ1n) is 18.4. The molecule has 1 aromatic heterocycles. The molecule has 4 atom stereocenters. The minimum absolute atomic E-state index is 0.0460. The molecule has 2 fully saturated rings. The van der Waals surface area contributed by atoms with Crippen LogP contribution in [0.15, 0.2) is 42.6 Å². The number of aryl methyl sites for hydroxylation is 2. The topological polar surface area (TPSA) is 169 Å². The molecule has 3 amide bonds. The predicted octanol–water partition coefficient (Wildman–Crippen LogP) is 6.06. The molecule has 2 aliphatic carbocycles. The molecule has 0 unspecified atom stereocenters. The van der Waals surface area contributed by atoms with Gasteiger partial charge in [-0.25, -0.2) is 14.6 Å². The fraction of sp³-hybridized carbons (Fsp3) is 0.500. The molecule has 1 saturated heterocycles. The average Bonchev–Trinajstić information content (AvgIpc) is 3.90. The zero-order chi connectivity index (χ0) is 37.9. The molecule has 13 heteroatoms. The first kappa shape index (κ1) is 37.6. The summed E-state index contributed by atoms with van der Waals surface area (Å²) < 4.78 is 15.4. The van der Waals surface area contributed by atoms with Gasteiger partial charge in [0, 0.05) is 24.6 Å². The molecule has 6 rings (SSSR count). The van der Waals surface area contributed by atoms with Crippen LogP contribution in [0.25, 0.3) is 22.4 Å². The van der Waals surface area contributed by atoms with Gasteiger partial charge >= 0.3 is 18.2 Å². The smallest absolute Gasteiger partial charge is 0.407 e. The number of carbonyl (C=O) groups is 5. The van der Waals surface area contributed by atoms with Gasteiger partial charge in [0.05, 0.1) is 25.0 Å². The number of alkyl carbamates (subject to hydrolysis) is 2. The van der Waals surface area contributed by atoms with Crippen LogP contribution in [-0.4, -0.2) is 82.7 Å². The Morgan fingerprint density at radius 2 is 1.72 bits per heavy atom. The highest BCUT2D eigenvalue weighted by atomic mass is 16.6. The monoisotopic (exact) mass is 727 g/mol. The van der Waals surface area contributed by atoms with Crippen molar-refractivity contribution in [2.45, 2.75) is 103 Å². The van der Waals surface area contributed by atoms with Crippen LogP contribution in [0.5, 0.6) is 0 Å². The molecule has 3 aromatic rings. The number of nitrogens with zero attached hydrogens (tertiary/aromatic N) is 2.